The Balaban J connectivity index is 1.60. The quantitative estimate of drug-likeness (QED) is 0.877. The summed E-state index contributed by atoms with van der Waals surface area (Å²) in [7, 11) is 0. The maximum atomic E-state index is 12.6. The molecule has 0 spiro atoms. The van der Waals surface area contributed by atoms with Gasteiger partial charge in [-0.25, -0.2) is 4.98 Å². The highest BCUT2D eigenvalue weighted by Crippen LogP contribution is 2.12. The zero-order valence-corrected chi connectivity index (χ0v) is 14.0. The van der Waals surface area contributed by atoms with E-state index < -0.39 is 6.10 Å². The van der Waals surface area contributed by atoms with Crippen molar-refractivity contribution < 1.29 is 9.90 Å². The molecule has 128 valence electrons. The van der Waals surface area contributed by atoms with Crippen molar-refractivity contribution in [1.29, 1.82) is 0 Å². The van der Waals surface area contributed by atoms with Crippen LogP contribution in [0.5, 0.6) is 0 Å². The van der Waals surface area contributed by atoms with Crippen LogP contribution in [0.2, 0.25) is 0 Å². The molecule has 0 bridgehead atoms. The molecule has 1 amide bonds. The summed E-state index contributed by atoms with van der Waals surface area (Å²) in [5, 5.41) is 10.3. The summed E-state index contributed by atoms with van der Waals surface area (Å²) >= 11 is 0. The molecule has 1 aromatic heterocycles. The highest BCUT2D eigenvalue weighted by atomic mass is 16.3. The highest BCUT2D eigenvalue weighted by molar-refractivity contribution is 5.79. The third-order valence-electron chi connectivity index (χ3n) is 4.47. The van der Waals surface area contributed by atoms with Crippen LogP contribution in [0.3, 0.4) is 0 Å². The predicted molar refractivity (Wildman–Crippen MR) is 91.3 cm³/mol. The maximum absolute atomic E-state index is 12.6. The fourth-order valence-corrected chi connectivity index (χ4v) is 3.10. The van der Waals surface area contributed by atoms with Crippen molar-refractivity contribution in [3.05, 3.63) is 53.6 Å². The number of amides is 1. The van der Waals surface area contributed by atoms with E-state index in [2.05, 4.69) is 14.9 Å². The number of aliphatic hydroxyl groups is 1. The molecule has 3 rings (SSSR count). The standard InChI is InChI=1S/C18H24N4O2/c1-14-4-2-3-5-15(14)10-18(24)22-9-8-21(11-16(23)12-22)13-17-19-6-7-20-17/h2-7,16,23H,8-13H2,1H3,(H,19,20)/t16-/m1/s1. The molecule has 0 aliphatic carbocycles. The fourth-order valence-electron chi connectivity index (χ4n) is 3.10. The number of imidazole rings is 1. The zero-order valence-electron chi connectivity index (χ0n) is 14.0. The smallest absolute Gasteiger partial charge is 0.227 e. The Bertz CT molecular complexity index is 671. The topological polar surface area (TPSA) is 72.5 Å². The number of aromatic amines is 1. The van der Waals surface area contributed by atoms with Gasteiger partial charge in [0.15, 0.2) is 0 Å². The van der Waals surface area contributed by atoms with Gasteiger partial charge in [0.25, 0.3) is 0 Å². The molecule has 1 fully saturated rings. The van der Waals surface area contributed by atoms with Crippen LogP contribution in [0.4, 0.5) is 0 Å². The lowest BCUT2D eigenvalue weighted by Gasteiger charge is -2.22. The lowest BCUT2D eigenvalue weighted by molar-refractivity contribution is -0.131. The molecule has 2 aromatic rings. The summed E-state index contributed by atoms with van der Waals surface area (Å²) in [5.41, 5.74) is 2.18. The number of carbonyl (C=O) groups excluding carboxylic acids is 1. The lowest BCUT2D eigenvalue weighted by atomic mass is 10.1. The van der Waals surface area contributed by atoms with Crippen molar-refractivity contribution in [3.8, 4) is 0 Å². The number of nitrogens with zero attached hydrogens (tertiary/aromatic N) is 3. The molecule has 6 nitrogen and oxygen atoms in total. The Labute approximate surface area is 142 Å². The van der Waals surface area contributed by atoms with Gasteiger partial charge in [0.1, 0.15) is 5.82 Å². The van der Waals surface area contributed by atoms with Crippen LogP contribution in [-0.2, 0) is 17.8 Å². The monoisotopic (exact) mass is 328 g/mol. The van der Waals surface area contributed by atoms with Crippen LogP contribution in [0.15, 0.2) is 36.7 Å². The van der Waals surface area contributed by atoms with E-state index in [9.17, 15) is 9.90 Å². The fraction of sp³-hybridized carbons (Fsp3) is 0.444. The van der Waals surface area contributed by atoms with Gasteiger partial charge in [-0.1, -0.05) is 24.3 Å². The molecule has 1 saturated heterocycles. The van der Waals surface area contributed by atoms with Crippen LogP contribution in [0.1, 0.15) is 17.0 Å². The second-order valence-electron chi connectivity index (χ2n) is 6.37. The third kappa shape index (κ3) is 4.21. The van der Waals surface area contributed by atoms with E-state index in [0.717, 1.165) is 23.5 Å². The number of carbonyl (C=O) groups is 1. The van der Waals surface area contributed by atoms with Crippen LogP contribution >= 0.6 is 0 Å². The van der Waals surface area contributed by atoms with Gasteiger partial charge in [0, 0.05) is 38.6 Å². The predicted octanol–water partition coefficient (Wildman–Crippen LogP) is 0.966. The molecule has 1 aliphatic rings. The van der Waals surface area contributed by atoms with Gasteiger partial charge >= 0.3 is 0 Å². The van der Waals surface area contributed by atoms with Crippen molar-refractivity contribution in [2.75, 3.05) is 26.2 Å². The van der Waals surface area contributed by atoms with Gasteiger partial charge in [-0.2, -0.15) is 0 Å². The number of aromatic nitrogens is 2. The number of nitrogens with one attached hydrogen (secondary N) is 1. The first-order valence-electron chi connectivity index (χ1n) is 8.33. The van der Waals surface area contributed by atoms with Gasteiger partial charge in [-0.15, -0.1) is 0 Å². The third-order valence-corrected chi connectivity index (χ3v) is 4.47. The van der Waals surface area contributed by atoms with Crippen LogP contribution in [-0.4, -0.2) is 63.1 Å². The Morgan fingerprint density at radius 3 is 2.92 bits per heavy atom. The van der Waals surface area contributed by atoms with Gasteiger partial charge < -0.3 is 15.0 Å². The van der Waals surface area contributed by atoms with Crippen LogP contribution < -0.4 is 0 Å². The number of aliphatic hydroxyl groups excluding tert-OH is 1. The SMILES string of the molecule is Cc1ccccc1CC(=O)N1CCN(Cc2ncc[nH]2)C[C@@H](O)C1. The molecule has 1 aromatic carbocycles. The Hall–Kier alpha value is -2.18. The maximum Gasteiger partial charge on any atom is 0.227 e. The van der Waals surface area contributed by atoms with E-state index in [1.807, 2.05) is 31.2 Å². The van der Waals surface area contributed by atoms with E-state index in [0.29, 0.717) is 32.6 Å². The molecule has 2 heterocycles. The second-order valence-corrected chi connectivity index (χ2v) is 6.37. The summed E-state index contributed by atoms with van der Waals surface area (Å²) < 4.78 is 0. The number of rotatable bonds is 4. The van der Waals surface area contributed by atoms with E-state index >= 15 is 0 Å². The summed E-state index contributed by atoms with van der Waals surface area (Å²) in [6.07, 6.45) is 3.36. The first-order valence-corrected chi connectivity index (χ1v) is 8.33. The average molecular weight is 328 g/mol. The minimum absolute atomic E-state index is 0.0724. The molecule has 0 radical (unpaired) electrons. The molecule has 0 unspecified atom stereocenters. The molecule has 1 aliphatic heterocycles. The number of aryl methyl sites for hydroxylation is 1. The Morgan fingerprint density at radius 2 is 2.17 bits per heavy atom. The first-order chi connectivity index (χ1) is 11.6. The minimum atomic E-state index is -0.539. The normalized spacial score (nSPS) is 19.2. The summed E-state index contributed by atoms with van der Waals surface area (Å²) in [6, 6.07) is 7.94. The van der Waals surface area contributed by atoms with Crippen LogP contribution in [0, 0.1) is 6.92 Å². The van der Waals surface area contributed by atoms with Gasteiger partial charge in [0.05, 0.1) is 19.1 Å². The van der Waals surface area contributed by atoms with Crippen LogP contribution in [0.25, 0.3) is 0 Å². The number of benzene rings is 1. The highest BCUT2D eigenvalue weighted by Gasteiger charge is 2.25. The van der Waals surface area contributed by atoms with E-state index in [1.165, 1.54) is 0 Å². The van der Waals surface area contributed by atoms with Crippen molar-refractivity contribution >= 4 is 5.91 Å². The second kappa shape index (κ2) is 7.59. The van der Waals surface area contributed by atoms with Gasteiger partial charge in [-0.3, -0.25) is 9.69 Å². The number of H-pyrrole nitrogens is 1. The Morgan fingerprint density at radius 1 is 1.33 bits per heavy atom. The van der Waals surface area contributed by atoms with E-state index in [-0.39, 0.29) is 5.91 Å². The summed E-state index contributed by atoms with van der Waals surface area (Å²) in [4.78, 5) is 23.8. The molecule has 1 atom stereocenters. The van der Waals surface area contributed by atoms with Gasteiger partial charge in [-0.05, 0) is 18.1 Å². The van der Waals surface area contributed by atoms with Crippen molar-refractivity contribution in [1.82, 2.24) is 19.8 Å². The average Bonchev–Trinajstić information content (AvgIpc) is 2.98. The first kappa shape index (κ1) is 16.7. The van der Waals surface area contributed by atoms with E-state index in [4.69, 9.17) is 0 Å². The minimum Gasteiger partial charge on any atom is -0.390 e. The molecular formula is C18H24N4O2. The van der Waals surface area contributed by atoms with E-state index in [1.54, 1.807) is 17.3 Å². The van der Waals surface area contributed by atoms with Crippen molar-refractivity contribution in [2.45, 2.75) is 26.0 Å². The largest absolute Gasteiger partial charge is 0.390 e. The zero-order chi connectivity index (χ0) is 16.9. The number of hydrogen-bond acceptors (Lipinski definition) is 4. The number of β-amino-alcohol motifs (C(OH)–C–C–N with tert-alkyl or cyclic N) is 1. The summed E-state index contributed by atoms with van der Waals surface area (Å²) in [6.45, 7) is 4.98. The molecular weight excluding hydrogens is 304 g/mol. The molecule has 0 saturated carbocycles. The molecule has 24 heavy (non-hydrogen) atoms. The number of hydrogen-bond donors (Lipinski definition) is 2. The lowest BCUT2D eigenvalue weighted by Crippen LogP contribution is -2.38. The van der Waals surface area contributed by atoms with Crippen molar-refractivity contribution in [3.63, 3.8) is 0 Å². The molecule has 2 N–H and O–H groups in total. The molecule has 6 heteroatoms. The van der Waals surface area contributed by atoms with Crippen molar-refractivity contribution in [2.24, 2.45) is 0 Å². The summed E-state index contributed by atoms with van der Waals surface area (Å²) in [5.74, 6) is 0.949. The Kier molecular flexibility index (Phi) is 5.27. The van der Waals surface area contributed by atoms with Gasteiger partial charge in [0.2, 0.25) is 5.91 Å².